The van der Waals surface area contributed by atoms with E-state index in [0.29, 0.717) is 18.7 Å². The van der Waals surface area contributed by atoms with Gasteiger partial charge in [0.1, 0.15) is 11.4 Å². The molecular formula is C15H18F3N5O. The van der Waals surface area contributed by atoms with Crippen LogP contribution < -0.4 is 11.1 Å². The van der Waals surface area contributed by atoms with Crippen molar-refractivity contribution in [1.29, 1.82) is 0 Å². The molecule has 0 aliphatic heterocycles. The number of rotatable bonds is 5. The molecule has 0 aliphatic rings. The monoisotopic (exact) mass is 341 g/mol. The predicted molar refractivity (Wildman–Crippen MR) is 81.1 cm³/mol. The standard InChI is InChI=1S/C15H18F3N5O/c1-9-7-12(22-23(9)6-5-19)14(24)21-10(2)11-3-4-13(20-8-11)15(16,17)18/h3-4,7-8,10H,5-6,19H2,1-2H3,(H,21,24)/t10-/m1/s1. The van der Waals surface area contributed by atoms with E-state index in [1.807, 2.05) is 6.92 Å². The molecular weight excluding hydrogens is 323 g/mol. The summed E-state index contributed by atoms with van der Waals surface area (Å²) in [5.41, 5.74) is 5.99. The van der Waals surface area contributed by atoms with Crippen molar-refractivity contribution in [2.75, 3.05) is 6.54 Å². The second-order valence-corrected chi connectivity index (χ2v) is 5.35. The van der Waals surface area contributed by atoms with Crippen molar-refractivity contribution in [2.45, 2.75) is 32.6 Å². The van der Waals surface area contributed by atoms with Crippen LogP contribution in [0.5, 0.6) is 0 Å². The molecule has 0 fully saturated rings. The summed E-state index contributed by atoms with van der Waals surface area (Å²) < 4.78 is 39.1. The lowest BCUT2D eigenvalue weighted by Gasteiger charge is -2.14. The highest BCUT2D eigenvalue weighted by molar-refractivity contribution is 5.92. The predicted octanol–water partition coefficient (Wildman–Crippen LogP) is 2.06. The number of aryl methyl sites for hydroxylation is 1. The molecule has 2 rings (SSSR count). The van der Waals surface area contributed by atoms with Crippen LogP contribution in [-0.2, 0) is 12.7 Å². The Morgan fingerprint density at radius 1 is 1.42 bits per heavy atom. The quantitative estimate of drug-likeness (QED) is 0.872. The van der Waals surface area contributed by atoms with Crippen LogP contribution in [0.3, 0.4) is 0 Å². The molecule has 9 heteroatoms. The maximum Gasteiger partial charge on any atom is 0.433 e. The Kier molecular flexibility index (Phi) is 5.23. The van der Waals surface area contributed by atoms with E-state index in [1.54, 1.807) is 17.7 Å². The van der Waals surface area contributed by atoms with Crippen molar-refractivity contribution in [3.05, 3.63) is 47.0 Å². The SMILES string of the molecule is Cc1cc(C(=O)N[C@H](C)c2ccc(C(F)(F)F)nc2)nn1CCN. The van der Waals surface area contributed by atoms with Crippen molar-refractivity contribution in [1.82, 2.24) is 20.1 Å². The number of nitrogens with two attached hydrogens (primary N) is 1. The number of nitrogens with one attached hydrogen (secondary N) is 1. The van der Waals surface area contributed by atoms with Crippen LogP contribution in [0.1, 0.15) is 40.4 Å². The minimum absolute atomic E-state index is 0.229. The average Bonchev–Trinajstić information content (AvgIpc) is 2.88. The number of pyridine rings is 1. The first-order valence-electron chi connectivity index (χ1n) is 7.31. The maximum atomic E-state index is 12.5. The minimum Gasteiger partial charge on any atom is -0.344 e. The molecule has 130 valence electrons. The van der Waals surface area contributed by atoms with Crippen LogP contribution in [0, 0.1) is 6.92 Å². The smallest absolute Gasteiger partial charge is 0.344 e. The molecule has 0 aromatic carbocycles. The van der Waals surface area contributed by atoms with Gasteiger partial charge in [-0.1, -0.05) is 6.07 Å². The number of aromatic nitrogens is 3. The van der Waals surface area contributed by atoms with E-state index in [1.165, 1.54) is 6.07 Å². The van der Waals surface area contributed by atoms with Crippen molar-refractivity contribution in [2.24, 2.45) is 5.73 Å². The van der Waals surface area contributed by atoms with E-state index < -0.39 is 23.8 Å². The molecule has 24 heavy (non-hydrogen) atoms. The molecule has 0 saturated carbocycles. The Labute approximate surface area is 136 Å². The summed E-state index contributed by atoms with van der Waals surface area (Å²) in [6.07, 6.45) is -3.38. The fourth-order valence-corrected chi connectivity index (χ4v) is 2.15. The molecule has 2 heterocycles. The van der Waals surface area contributed by atoms with Crippen molar-refractivity contribution < 1.29 is 18.0 Å². The second kappa shape index (κ2) is 7.00. The molecule has 0 bridgehead atoms. The lowest BCUT2D eigenvalue weighted by molar-refractivity contribution is -0.141. The molecule has 0 saturated heterocycles. The molecule has 2 aromatic heterocycles. The van der Waals surface area contributed by atoms with Gasteiger partial charge in [0.15, 0.2) is 0 Å². The molecule has 1 atom stereocenters. The molecule has 0 aliphatic carbocycles. The van der Waals surface area contributed by atoms with Crippen molar-refractivity contribution in [3.8, 4) is 0 Å². The van der Waals surface area contributed by atoms with Crippen molar-refractivity contribution in [3.63, 3.8) is 0 Å². The van der Waals surface area contributed by atoms with Gasteiger partial charge in [-0.05, 0) is 31.5 Å². The molecule has 2 aromatic rings. The number of hydrogen-bond donors (Lipinski definition) is 2. The van der Waals surface area contributed by atoms with Gasteiger partial charge in [-0.3, -0.25) is 14.5 Å². The van der Waals surface area contributed by atoms with Gasteiger partial charge in [-0.2, -0.15) is 18.3 Å². The number of hydrogen-bond acceptors (Lipinski definition) is 4. The summed E-state index contributed by atoms with van der Waals surface area (Å²) in [4.78, 5) is 15.6. The highest BCUT2D eigenvalue weighted by atomic mass is 19.4. The summed E-state index contributed by atoms with van der Waals surface area (Å²) >= 11 is 0. The number of alkyl halides is 3. The molecule has 0 spiro atoms. The third kappa shape index (κ3) is 4.10. The molecule has 0 unspecified atom stereocenters. The van der Waals surface area contributed by atoms with Crippen LogP contribution in [0.2, 0.25) is 0 Å². The lowest BCUT2D eigenvalue weighted by Crippen LogP contribution is -2.27. The van der Waals surface area contributed by atoms with E-state index in [0.717, 1.165) is 18.0 Å². The van der Waals surface area contributed by atoms with Crippen LogP contribution >= 0.6 is 0 Å². The Hall–Kier alpha value is -2.42. The van der Waals surface area contributed by atoms with Crippen LogP contribution in [0.15, 0.2) is 24.4 Å². The summed E-state index contributed by atoms with van der Waals surface area (Å²) in [6, 6.07) is 3.30. The lowest BCUT2D eigenvalue weighted by atomic mass is 10.1. The molecule has 6 nitrogen and oxygen atoms in total. The van der Waals surface area contributed by atoms with Crippen LogP contribution in [0.4, 0.5) is 13.2 Å². The number of carbonyl (C=O) groups excluding carboxylic acids is 1. The Balaban J connectivity index is 2.07. The zero-order chi connectivity index (χ0) is 17.9. The molecule has 1 amide bonds. The minimum atomic E-state index is -4.49. The number of halogens is 3. The van der Waals surface area contributed by atoms with Gasteiger partial charge in [0.05, 0.1) is 12.6 Å². The average molecular weight is 341 g/mol. The topological polar surface area (TPSA) is 85.8 Å². The molecule has 0 radical (unpaired) electrons. The van der Waals surface area contributed by atoms with E-state index in [2.05, 4.69) is 15.4 Å². The molecule has 3 N–H and O–H groups in total. The van der Waals surface area contributed by atoms with Gasteiger partial charge >= 0.3 is 6.18 Å². The van der Waals surface area contributed by atoms with Gasteiger partial charge in [-0.15, -0.1) is 0 Å². The Bertz CT molecular complexity index is 709. The number of amides is 1. The first kappa shape index (κ1) is 17.9. The zero-order valence-corrected chi connectivity index (χ0v) is 13.3. The second-order valence-electron chi connectivity index (χ2n) is 5.35. The maximum absolute atomic E-state index is 12.5. The summed E-state index contributed by atoms with van der Waals surface area (Å²) in [5.74, 6) is -0.415. The summed E-state index contributed by atoms with van der Waals surface area (Å²) in [6.45, 7) is 4.36. The third-order valence-corrected chi connectivity index (χ3v) is 3.48. The van der Waals surface area contributed by atoms with Gasteiger partial charge < -0.3 is 11.1 Å². The van der Waals surface area contributed by atoms with Crippen LogP contribution in [0.25, 0.3) is 0 Å². The highest BCUT2D eigenvalue weighted by Gasteiger charge is 2.32. The van der Waals surface area contributed by atoms with Gasteiger partial charge in [0.25, 0.3) is 5.91 Å². The van der Waals surface area contributed by atoms with Gasteiger partial charge in [-0.25, -0.2) is 0 Å². The Morgan fingerprint density at radius 2 is 2.12 bits per heavy atom. The first-order valence-corrected chi connectivity index (χ1v) is 7.31. The van der Waals surface area contributed by atoms with Crippen molar-refractivity contribution >= 4 is 5.91 Å². The van der Waals surface area contributed by atoms with E-state index in [-0.39, 0.29) is 5.69 Å². The zero-order valence-electron chi connectivity index (χ0n) is 13.3. The Morgan fingerprint density at radius 3 is 2.67 bits per heavy atom. The fourth-order valence-electron chi connectivity index (χ4n) is 2.15. The van der Waals surface area contributed by atoms with E-state index >= 15 is 0 Å². The third-order valence-electron chi connectivity index (χ3n) is 3.48. The highest BCUT2D eigenvalue weighted by Crippen LogP contribution is 2.27. The first-order chi connectivity index (χ1) is 11.2. The fraction of sp³-hybridized carbons (Fsp3) is 0.400. The summed E-state index contributed by atoms with van der Waals surface area (Å²) in [5, 5.41) is 6.84. The van der Waals surface area contributed by atoms with Gasteiger partial charge in [0, 0.05) is 18.4 Å². The normalized spacial score (nSPS) is 12.9. The summed E-state index contributed by atoms with van der Waals surface area (Å²) in [7, 11) is 0. The van der Waals surface area contributed by atoms with Crippen LogP contribution in [-0.4, -0.2) is 27.2 Å². The number of nitrogens with zero attached hydrogens (tertiary/aromatic N) is 3. The largest absolute Gasteiger partial charge is 0.433 e. The van der Waals surface area contributed by atoms with E-state index in [4.69, 9.17) is 5.73 Å². The number of carbonyl (C=O) groups is 1. The van der Waals surface area contributed by atoms with Gasteiger partial charge in [0.2, 0.25) is 0 Å². The van der Waals surface area contributed by atoms with E-state index in [9.17, 15) is 18.0 Å².